The van der Waals surface area contributed by atoms with E-state index in [1.165, 1.54) is 6.92 Å². The van der Waals surface area contributed by atoms with Crippen molar-refractivity contribution in [3.05, 3.63) is 0 Å². The minimum atomic E-state index is -3.71. The lowest BCUT2D eigenvalue weighted by molar-refractivity contribution is -0.137. The lowest BCUT2D eigenvalue weighted by Crippen LogP contribution is -2.31. The van der Waals surface area contributed by atoms with Crippen LogP contribution in [0, 0.1) is 0 Å². The summed E-state index contributed by atoms with van der Waals surface area (Å²) in [5, 5.41) is 7.22. The molecule has 6 nitrogen and oxygen atoms in total. The van der Waals surface area contributed by atoms with Crippen molar-refractivity contribution in [1.82, 2.24) is 0 Å². The number of hydrogen-bond acceptors (Lipinski definition) is 4. The molecule has 1 atom stereocenters. The molecule has 1 unspecified atom stereocenters. The van der Waals surface area contributed by atoms with Crippen LogP contribution in [0.3, 0.4) is 0 Å². The van der Waals surface area contributed by atoms with Gasteiger partial charge >= 0.3 is 5.97 Å². The zero-order valence-corrected chi connectivity index (χ0v) is 7.87. The third-order valence-electron chi connectivity index (χ3n) is 1.42. The smallest absolute Gasteiger partial charge is 0.304 e. The molecule has 0 aromatic heterocycles. The van der Waals surface area contributed by atoms with Crippen LogP contribution in [0.2, 0.25) is 0 Å². The number of carbonyl (C=O) groups excluding carboxylic acids is 1. The van der Waals surface area contributed by atoms with Gasteiger partial charge in [-0.15, -0.1) is 0 Å². The van der Waals surface area contributed by atoms with Gasteiger partial charge in [0.15, 0.2) is 9.84 Å². The quantitative estimate of drug-likeness (QED) is 0.587. The third-order valence-corrected chi connectivity index (χ3v) is 3.50. The maximum Gasteiger partial charge on any atom is 0.304 e. The Morgan fingerprint density at radius 3 is 2.23 bits per heavy atom. The molecule has 0 bridgehead atoms. The number of carboxylic acids is 1. The van der Waals surface area contributed by atoms with Crippen LogP contribution in [0.25, 0.3) is 0 Å². The fourth-order valence-corrected chi connectivity index (χ4v) is 1.79. The molecular weight excluding hydrogens is 198 g/mol. The first-order chi connectivity index (χ1) is 5.75. The van der Waals surface area contributed by atoms with Gasteiger partial charge in [-0.05, 0) is 6.92 Å². The highest BCUT2D eigenvalue weighted by molar-refractivity contribution is 7.92. The van der Waals surface area contributed by atoms with Gasteiger partial charge in [0.2, 0.25) is 5.91 Å². The van der Waals surface area contributed by atoms with E-state index in [0.717, 1.165) is 0 Å². The molecular formula is C6H11NO5S. The van der Waals surface area contributed by atoms with E-state index in [9.17, 15) is 18.0 Å². The monoisotopic (exact) mass is 209 g/mol. The Morgan fingerprint density at radius 1 is 1.46 bits per heavy atom. The average molecular weight is 209 g/mol. The molecule has 0 aliphatic carbocycles. The number of primary amides is 1. The fourth-order valence-electron chi connectivity index (χ4n) is 0.713. The Bertz CT molecular complexity index is 307. The first-order valence-electron chi connectivity index (χ1n) is 3.47. The van der Waals surface area contributed by atoms with Crippen LogP contribution in [0.4, 0.5) is 0 Å². The molecule has 0 fully saturated rings. The van der Waals surface area contributed by atoms with E-state index in [1.54, 1.807) is 0 Å². The first kappa shape index (κ1) is 11.9. The maximum absolute atomic E-state index is 11.1. The number of amides is 1. The molecule has 0 aromatic rings. The topological polar surface area (TPSA) is 115 Å². The average Bonchev–Trinajstić information content (AvgIpc) is 1.81. The summed E-state index contributed by atoms with van der Waals surface area (Å²) in [7, 11) is -3.71. The Kier molecular flexibility index (Phi) is 3.86. The summed E-state index contributed by atoms with van der Waals surface area (Å²) in [5.74, 6) is -3.00. The summed E-state index contributed by atoms with van der Waals surface area (Å²) in [6.45, 7) is 1.23. The van der Waals surface area contributed by atoms with E-state index in [-0.39, 0.29) is 0 Å². The molecule has 1 amide bonds. The number of sulfone groups is 1. The standard InChI is InChI=1S/C6H11NO5S/c1-4(2-6(9)10)13(11,12)3-5(7)8/h4H,2-3H2,1H3,(H2,7,8)(H,9,10). The van der Waals surface area contributed by atoms with Gasteiger partial charge in [-0.2, -0.15) is 0 Å². The van der Waals surface area contributed by atoms with Crippen LogP contribution in [0.15, 0.2) is 0 Å². The highest BCUT2D eigenvalue weighted by Crippen LogP contribution is 2.05. The highest BCUT2D eigenvalue weighted by atomic mass is 32.2. The molecule has 0 aromatic carbocycles. The van der Waals surface area contributed by atoms with Crippen LogP contribution in [0.5, 0.6) is 0 Å². The highest BCUT2D eigenvalue weighted by Gasteiger charge is 2.25. The Morgan fingerprint density at radius 2 is 1.92 bits per heavy atom. The molecule has 0 rings (SSSR count). The van der Waals surface area contributed by atoms with Crippen molar-refractivity contribution < 1.29 is 23.1 Å². The van der Waals surface area contributed by atoms with Gasteiger partial charge < -0.3 is 10.8 Å². The maximum atomic E-state index is 11.1. The molecule has 76 valence electrons. The molecule has 0 heterocycles. The summed E-state index contributed by atoms with van der Waals surface area (Å²) in [6, 6.07) is 0. The summed E-state index contributed by atoms with van der Waals surface area (Å²) in [4.78, 5) is 20.5. The second-order valence-corrected chi connectivity index (χ2v) is 5.10. The van der Waals surface area contributed by atoms with Crippen LogP contribution in [0.1, 0.15) is 13.3 Å². The van der Waals surface area contributed by atoms with Crippen LogP contribution >= 0.6 is 0 Å². The molecule has 0 saturated carbocycles. The third kappa shape index (κ3) is 4.46. The summed E-state index contributed by atoms with van der Waals surface area (Å²) in [6.07, 6.45) is -0.518. The SMILES string of the molecule is CC(CC(=O)O)S(=O)(=O)CC(N)=O. The van der Waals surface area contributed by atoms with Crippen LogP contribution in [-0.4, -0.2) is 36.4 Å². The van der Waals surface area contributed by atoms with Crippen molar-refractivity contribution in [1.29, 1.82) is 0 Å². The Balaban J connectivity index is 4.46. The van der Waals surface area contributed by atoms with E-state index in [2.05, 4.69) is 5.73 Å². The lowest BCUT2D eigenvalue weighted by Gasteiger charge is -2.07. The summed E-state index contributed by atoms with van der Waals surface area (Å²) >= 11 is 0. The molecule has 13 heavy (non-hydrogen) atoms. The number of carboxylic acid groups (broad SMARTS) is 1. The molecule has 0 saturated heterocycles. The van der Waals surface area contributed by atoms with Gasteiger partial charge in [0, 0.05) is 0 Å². The van der Waals surface area contributed by atoms with Crippen LogP contribution < -0.4 is 5.73 Å². The molecule has 3 N–H and O–H groups in total. The Hall–Kier alpha value is -1.11. The minimum Gasteiger partial charge on any atom is -0.481 e. The molecule has 0 aliphatic heterocycles. The molecule has 0 aliphatic rings. The van der Waals surface area contributed by atoms with Crippen molar-refractivity contribution >= 4 is 21.7 Å². The van der Waals surface area contributed by atoms with Gasteiger partial charge in [0.1, 0.15) is 5.75 Å². The molecule has 0 radical (unpaired) electrons. The van der Waals surface area contributed by atoms with Gasteiger partial charge in [-0.25, -0.2) is 8.42 Å². The van der Waals surface area contributed by atoms with Crippen molar-refractivity contribution in [2.24, 2.45) is 5.73 Å². The van der Waals surface area contributed by atoms with Crippen LogP contribution in [-0.2, 0) is 19.4 Å². The van der Waals surface area contributed by atoms with E-state index >= 15 is 0 Å². The minimum absolute atomic E-state index is 0.518. The number of carbonyl (C=O) groups is 2. The van der Waals surface area contributed by atoms with Gasteiger partial charge in [0.05, 0.1) is 11.7 Å². The van der Waals surface area contributed by atoms with Gasteiger partial charge in [-0.1, -0.05) is 0 Å². The van der Waals surface area contributed by atoms with E-state index in [4.69, 9.17) is 5.11 Å². The predicted octanol–water partition coefficient (Wildman–Crippen LogP) is -1.25. The largest absolute Gasteiger partial charge is 0.481 e. The van der Waals surface area contributed by atoms with Gasteiger partial charge in [0.25, 0.3) is 0 Å². The van der Waals surface area contributed by atoms with E-state index in [0.29, 0.717) is 0 Å². The number of nitrogens with two attached hydrogens (primary N) is 1. The summed E-state index contributed by atoms with van der Waals surface area (Å²) < 4.78 is 22.2. The summed E-state index contributed by atoms with van der Waals surface area (Å²) in [5.41, 5.74) is 4.68. The lowest BCUT2D eigenvalue weighted by atomic mass is 10.3. The van der Waals surface area contributed by atoms with Crippen molar-refractivity contribution in [3.8, 4) is 0 Å². The fraction of sp³-hybridized carbons (Fsp3) is 0.667. The van der Waals surface area contributed by atoms with Crippen molar-refractivity contribution in [2.45, 2.75) is 18.6 Å². The van der Waals surface area contributed by atoms with Gasteiger partial charge in [-0.3, -0.25) is 9.59 Å². The second-order valence-electron chi connectivity index (χ2n) is 2.68. The van der Waals surface area contributed by atoms with E-state index in [1.807, 2.05) is 0 Å². The number of aliphatic carboxylic acids is 1. The Labute approximate surface area is 75.6 Å². The van der Waals surface area contributed by atoms with E-state index < -0.39 is 39.1 Å². The predicted molar refractivity (Wildman–Crippen MR) is 44.7 cm³/mol. The molecule has 7 heteroatoms. The second kappa shape index (κ2) is 4.22. The zero-order chi connectivity index (χ0) is 10.6. The van der Waals surface area contributed by atoms with Crippen molar-refractivity contribution in [2.75, 3.05) is 5.75 Å². The number of hydrogen-bond donors (Lipinski definition) is 2. The zero-order valence-electron chi connectivity index (χ0n) is 7.06. The first-order valence-corrected chi connectivity index (χ1v) is 5.19. The number of rotatable bonds is 5. The molecule has 0 spiro atoms. The van der Waals surface area contributed by atoms with Crippen molar-refractivity contribution in [3.63, 3.8) is 0 Å². The normalized spacial score (nSPS) is 13.6.